The van der Waals surface area contributed by atoms with E-state index in [1.807, 2.05) is 57.1 Å². The largest absolute Gasteiger partial charge is 0.352 e. The van der Waals surface area contributed by atoms with Crippen molar-refractivity contribution in [3.8, 4) is 0 Å². The molecule has 0 saturated carbocycles. The molecular formula is C18H30N4O2. The summed E-state index contributed by atoms with van der Waals surface area (Å²) in [5.74, 6) is 0.0254. The van der Waals surface area contributed by atoms with Gasteiger partial charge in [0.25, 0.3) is 5.91 Å². The number of amides is 2. The normalized spacial score (nSPS) is 10.7. The zero-order valence-corrected chi connectivity index (χ0v) is 15.2. The Morgan fingerprint density at radius 1 is 1.00 bits per heavy atom. The molecular weight excluding hydrogens is 304 g/mol. The van der Waals surface area contributed by atoms with Crippen LogP contribution in [-0.2, 0) is 11.3 Å². The lowest BCUT2D eigenvalue weighted by Gasteiger charge is -2.22. The third kappa shape index (κ3) is 6.68. The van der Waals surface area contributed by atoms with Gasteiger partial charge < -0.3 is 20.9 Å². The molecule has 0 spiro atoms. The van der Waals surface area contributed by atoms with Crippen molar-refractivity contribution < 1.29 is 9.59 Å². The van der Waals surface area contributed by atoms with E-state index in [0.29, 0.717) is 25.2 Å². The van der Waals surface area contributed by atoms with E-state index in [4.69, 9.17) is 0 Å². The molecule has 0 aliphatic carbocycles. The molecule has 0 aromatic heterocycles. The van der Waals surface area contributed by atoms with E-state index in [2.05, 4.69) is 16.0 Å². The van der Waals surface area contributed by atoms with Crippen LogP contribution in [-0.4, -0.2) is 57.0 Å². The van der Waals surface area contributed by atoms with Crippen molar-refractivity contribution in [2.75, 3.05) is 40.3 Å². The molecule has 134 valence electrons. The molecule has 3 N–H and O–H groups in total. The monoisotopic (exact) mass is 334 g/mol. The van der Waals surface area contributed by atoms with Crippen LogP contribution in [0.15, 0.2) is 24.3 Å². The molecule has 0 aliphatic rings. The molecule has 0 saturated heterocycles. The maximum atomic E-state index is 12.6. The number of nitrogens with one attached hydrogen (secondary N) is 3. The second-order valence-corrected chi connectivity index (χ2v) is 6.07. The Balaban J connectivity index is 2.67. The van der Waals surface area contributed by atoms with Crippen LogP contribution in [0.2, 0.25) is 0 Å². The number of hydrogen-bond donors (Lipinski definition) is 3. The molecule has 0 radical (unpaired) electrons. The van der Waals surface area contributed by atoms with Crippen LogP contribution in [0.1, 0.15) is 29.8 Å². The minimum absolute atomic E-state index is 0.0262. The van der Waals surface area contributed by atoms with E-state index in [1.54, 1.807) is 0 Å². The fraction of sp³-hybridized carbons (Fsp3) is 0.556. The highest BCUT2D eigenvalue weighted by Gasteiger charge is 2.15. The van der Waals surface area contributed by atoms with Gasteiger partial charge in [-0.3, -0.25) is 9.59 Å². The van der Waals surface area contributed by atoms with Crippen LogP contribution in [0.5, 0.6) is 0 Å². The lowest BCUT2D eigenvalue weighted by molar-refractivity contribution is -0.124. The number of hydrogen-bond acceptors (Lipinski definition) is 4. The van der Waals surface area contributed by atoms with Gasteiger partial charge in [0.1, 0.15) is 0 Å². The van der Waals surface area contributed by atoms with Gasteiger partial charge in [-0.05, 0) is 31.8 Å². The second kappa shape index (κ2) is 10.8. The molecule has 24 heavy (non-hydrogen) atoms. The fourth-order valence-corrected chi connectivity index (χ4v) is 2.15. The molecule has 0 bridgehead atoms. The summed E-state index contributed by atoms with van der Waals surface area (Å²) in [6, 6.07) is 7.43. The van der Waals surface area contributed by atoms with E-state index >= 15 is 0 Å². The first kappa shape index (κ1) is 20.1. The van der Waals surface area contributed by atoms with Gasteiger partial charge >= 0.3 is 0 Å². The van der Waals surface area contributed by atoms with Crippen LogP contribution in [0.3, 0.4) is 0 Å². The molecule has 0 fully saturated rings. The topological polar surface area (TPSA) is 73.5 Å². The molecule has 0 atom stereocenters. The molecule has 1 aromatic carbocycles. The Morgan fingerprint density at radius 2 is 1.54 bits per heavy atom. The third-order valence-corrected chi connectivity index (χ3v) is 3.74. The maximum Gasteiger partial charge on any atom is 0.253 e. The van der Waals surface area contributed by atoms with Gasteiger partial charge in [0, 0.05) is 44.2 Å². The standard InChI is InChI=1S/C18H30N4O2/c1-14(2)17(23)21-13-15-5-7-16(8-6-15)18(24)22(11-9-19-3)12-10-20-4/h5-8,14,19-20H,9-13H2,1-4H3,(H,21,23). The number of nitrogens with zero attached hydrogens (tertiary/aromatic N) is 1. The molecule has 0 unspecified atom stereocenters. The van der Waals surface area contributed by atoms with Crippen LogP contribution in [0.25, 0.3) is 0 Å². The molecule has 1 rings (SSSR count). The van der Waals surface area contributed by atoms with E-state index in [0.717, 1.165) is 18.7 Å². The average molecular weight is 334 g/mol. The van der Waals surface area contributed by atoms with E-state index < -0.39 is 0 Å². The van der Waals surface area contributed by atoms with E-state index in [9.17, 15) is 9.59 Å². The summed E-state index contributed by atoms with van der Waals surface area (Å²) in [5.41, 5.74) is 1.65. The molecule has 1 aromatic rings. The zero-order valence-electron chi connectivity index (χ0n) is 15.2. The molecule has 2 amide bonds. The lowest BCUT2D eigenvalue weighted by Crippen LogP contribution is -2.40. The van der Waals surface area contributed by atoms with Gasteiger partial charge in [0.2, 0.25) is 5.91 Å². The van der Waals surface area contributed by atoms with Crippen LogP contribution < -0.4 is 16.0 Å². The first-order valence-corrected chi connectivity index (χ1v) is 8.44. The Hall–Kier alpha value is -1.92. The first-order valence-electron chi connectivity index (χ1n) is 8.44. The van der Waals surface area contributed by atoms with E-state index in [-0.39, 0.29) is 17.7 Å². The van der Waals surface area contributed by atoms with Crippen molar-refractivity contribution in [3.63, 3.8) is 0 Å². The van der Waals surface area contributed by atoms with Gasteiger partial charge in [-0.1, -0.05) is 26.0 Å². The van der Waals surface area contributed by atoms with Gasteiger partial charge in [-0.2, -0.15) is 0 Å². The number of carbonyl (C=O) groups excluding carboxylic acids is 2. The highest BCUT2D eigenvalue weighted by molar-refractivity contribution is 5.94. The number of likely N-dealkylation sites (N-methyl/N-ethyl adjacent to an activating group) is 2. The Kier molecular flexibility index (Phi) is 9.04. The Bertz CT molecular complexity index is 506. The summed E-state index contributed by atoms with van der Waals surface area (Å²) in [6.07, 6.45) is 0. The van der Waals surface area contributed by atoms with Gasteiger partial charge in [-0.15, -0.1) is 0 Å². The van der Waals surface area contributed by atoms with Gasteiger partial charge in [0.15, 0.2) is 0 Å². The highest BCUT2D eigenvalue weighted by Crippen LogP contribution is 2.08. The van der Waals surface area contributed by atoms with Crippen molar-refractivity contribution in [1.29, 1.82) is 0 Å². The van der Waals surface area contributed by atoms with Gasteiger partial charge in [-0.25, -0.2) is 0 Å². The number of benzene rings is 1. The quantitative estimate of drug-likeness (QED) is 0.593. The molecule has 6 nitrogen and oxygen atoms in total. The van der Waals surface area contributed by atoms with Crippen molar-refractivity contribution >= 4 is 11.8 Å². The van der Waals surface area contributed by atoms with Crippen molar-refractivity contribution in [3.05, 3.63) is 35.4 Å². The highest BCUT2D eigenvalue weighted by atomic mass is 16.2. The SMILES string of the molecule is CNCCN(CCNC)C(=O)c1ccc(CNC(=O)C(C)C)cc1. The zero-order chi connectivity index (χ0) is 17.9. The summed E-state index contributed by atoms with van der Waals surface area (Å²) in [6.45, 7) is 7.06. The number of rotatable bonds is 10. The molecule has 0 heterocycles. The Labute approximate surface area is 145 Å². The summed E-state index contributed by atoms with van der Waals surface area (Å²) in [7, 11) is 3.75. The van der Waals surface area contributed by atoms with Crippen LogP contribution in [0, 0.1) is 5.92 Å². The summed E-state index contributed by atoms with van der Waals surface area (Å²) >= 11 is 0. The molecule has 0 aliphatic heterocycles. The summed E-state index contributed by atoms with van der Waals surface area (Å²) in [5, 5.41) is 9.02. The fourth-order valence-electron chi connectivity index (χ4n) is 2.15. The summed E-state index contributed by atoms with van der Waals surface area (Å²) in [4.78, 5) is 26.1. The minimum atomic E-state index is -0.0289. The molecule has 6 heteroatoms. The second-order valence-electron chi connectivity index (χ2n) is 6.07. The van der Waals surface area contributed by atoms with Crippen molar-refractivity contribution in [1.82, 2.24) is 20.9 Å². The lowest BCUT2D eigenvalue weighted by atomic mass is 10.1. The summed E-state index contributed by atoms with van der Waals surface area (Å²) < 4.78 is 0. The van der Waals surface area contributed by atoms with Crippen LogP contribution >= 0.6 is 0 Å². The van der Waals surface area contributed by atoms with Crippen molar-refractivity contribution in [2.24, 2.45) is 5.92 Å². The predicted octanol–water partition coefficient (Wildman–Crippen LogP) is 0.840. The third-order valence-electron chi connectivity index (χ3n) is 3.74. The average Bonchev–Trinajstić information content (AvgIpc) is 2.59. The minimum Gasteiger partial charge on any atom is -0.352 e. The van der Waals surface area contributed by atoms with E-state index in [1.165, 1.54) is 0 Å². The van der Waals surface area contributed by atoms with Crippen molar-refractivity contribution in [2.45, 2.75) is 20.4 Å². The number of carbonyl (C=O) groups is 2. The smallest absolute Gasteiger partial charge is 0.253 e. The first-order chi connectivity index (χ1) is 11.5. The maximum absolute atomic E-state index is 12.6. The van der Waals surface area contributed by atoms with Crippen LogP contribution in [0.4, 0.5) is 0 Å². The Morgan fingerprint density at radius 3 is 2.00 bits per heavy atom. The predicted molar refractivity (Wildman–Crippen MR) is 96.9 cm³/mol. The van der Waals surface area contributed by atoms with Gasteiger partial charge in [0.05, 0.1) is 0 Å².